The quantitative estimate of drug-likeness (QED) is 0.137. The number of aromatic nitrogens is 4. The van der Waals surface area contributed by atoms with Crippen molar-refractivity contribution in [1.82, 2.24) is 19.5 Å². The van der Waals surface area contributed by atoms with Gasteiger partial charge in [-0.15, -0.1) is 0 Å². The number of benzene rings is 11. The highest BCUT2D eigenvalue weighted by Crippen LogP contribution is 2.51. The molecule has 342 valence electrons. The normalized spacial score (nSPS) is 11.3. The van der Waals surface area contributed by atoms with Crippen LogP contribution in [-0.2, 0) is 0 Å². The van der Waals surface area contributed by atoms with Gasteiger partial charge in [0.15, 0.2) is 17.5 Å². The second kappa shape index (κ2) is 18.9. The van der Waals surface area contributed by atoms with Gasteiger partial charge in [-0.05, 0) is 56.6 Å². The van der Waals surface area contributed by atoms with Crippen LogP contribution in [0.25, 0.3) is 128 Å². The maximum Gasteiger partial charge on any atom is 0.164 e. The lowest BCUT2D eigenvalue weighted by Gasteiger charge is -2.24. The van der Waals surface area contributed by atoms with E-state index in [-0.39, 0.29) is 0 Å². The van der Waals surface area contributed by atoms with Crippen molar-refractivity contribution < 1.29 is 0 Å². The Morgan fingerprint density at radius 2 is 0.479 bits per heavy atom. The van der Waals surface area contributed by atoms with E-state index >= 15 is 0 Å². The van der Waals surface area contributed by atoms with Crippen molar-refractivity contribution in [3.8, 4) is 107 Å². The van der Waals surface area contributed by atoms with E-state index < -0.39 is 0 Å². The molecule has 0 spiro atoms. The third kappa shape index (κ3) is 7.98. The van der Waals surface area contributed by atoms with Gasteiger partial charge in [-0.2, -0.15) is 0 Å². The Hall–Kier alpha value is -9.77. The summed E-state index contributed by atoms with van der Waals surface area (Å²) in [6.07, 6.45) is 0. The molecule has 13 rings (SSSR count). The van der Waals surface area contributed by atoms with Gasteiger partial charge >= 0.3 is 0 Å². The first-order valence-corrected chi connectivity index (χ1v) is 24.8. The van der Waals surface area contributed by atoms with Crippen molar-refractivity contribution >= 4 is 21.8 Å². The number of nitrogens with zero attached hydrogens (tertiary/aromatic N) is 4. The van der Waals surface area contributed by atoms with Crippen LogP contribution in [0.4, 0.5) is 0 Å². The Morgan fingerprint density at radius 1 is 0.219 bits per heavy atom. The van der Waals surface area contributed by atoms with E-state index in [1.807, 2.05) is 36.4 Å². The third-order valence-corrected chi connectivity index (χ3v) is 13.8. The SMILES string of the molecule is c1ccc(-c2nc(-c3ccccc3)nc(-c3cc(-c4ccccc4)c(-n4c5c(-c6ccccc6)c(-c6ccccc6)ccc5c5ccc(-c6ccccc6)c(-c6ccccc6)c54)c(-c4ccccc4)c3)n2)cc1. The molecule has 0 bridgehead atoms. The second-order valence-corrected chi connectivity index (χ2v) is 18.3. The van der Waals surface area contributed by atoms with Gasteiger partial charge in [-0.3, -0.25) is 0 Å². The predicted molar refractivity (Wildman–Crippen MR) is 303 cm³/mol. The molecule has 13 aromatic rings. The molecule has 11 aromatic carbocycles. The molecule has 4 heteroatoms. The van der Waals surface area contributed by atoms with Gasteiger partial charge < -0.3 is 4.57 Å². The minimum absolute atomic E-state index is 0.587. The highest BCUT2D eigenvalue weighted by molar-refractivity contribution is 6.21. The smallest absolute Gasteiger partial charge is 0.164 e. The van der Waals surface area contributed by atoms with Crippen molar-refractivity contribution in [1.29, 1.82) is 0 Å². The molecule has 0 atom stereocenters. The molecule has 4 nitrogen and oxygen atoms in total. The Bertz CT molecular complexity index is 3810. The molecule has 0 N–H and O–H groups in total. The largest absolute Gasteiger partial charge is 0.307 e. The van der Waals surface area contributed by atoms with Crippen LogP contribution in [0.1, 0.15) is 0 Å². The van der Waals surface area contributed by atoms with Crippen LogP contribution in [0.2, 0.25) is 0 Å². The lowest BCUT2D eigenvalue weighted by Crippen LogP contribution is -2.05. The topological polar surface area (TPSA) is 43.6 Å². The van der Waals surface area contributed by atoms with E-state index in [1.54, 1.807) is 0 Å². The fourth-order valence-corrected chi connectivity index (χ4v) is 10.5. The maximum atomic E-state index is 5.33. The average molecular weight is 931 g/mol. The summed E-state index contributed by atoms with van der Waals surface area (Å²) in [5, 5.41) is 2.31. The number of hydrogen-bond donors (Lipinski definition) is 0. The fraction of sp³-hybridized carbons (Fsp3) is 0. The van der Waals surface area contributed by atoms with Gasteiger partial charge in [0.2, 0.25) is 0 Å². The summed E-state index contributed by atoms with van der Waals surface area (Å²) < 4.78 is 2.61. The summed E-state index contributed by atoms with van der Waals surface area (Å²) in [7, 11) is 0. The molecule has 0 aliphatic carbocycles. The molecule has 0 unspecified atom stereocenters. The number of rotatable bonds is 10. The summed E-state index contributed by atoms with van der Waals surface area (Å²) in [4.78, 5) is 15.8. The van der Waals surface area contributed by atoms with Crippen LogP contribution in [0.3, 0.4) is 0 Å². The summed E-state index contributed by atoms with van der Waals surface area (Å²) in [5.74, 6) is 1.81. The van der Waals surface area contributed by atoms with Gasteiger partial charge in [-0.1, -0.05) is 267 Å². The Labute approximate surface area is 424 Å². The van der Waals surface area contributed by atoms with E-state index in [0.29, 0.717) is 17.5 Å². The molecular formula is C69H46N4. The van der Waals surface area contributed by atoms with Crippen molar-refractivity contribution in [2.45, 2.75) is 0 Å². The molecule has 73 heavy (non-hydrogen) atoms. The first-order chi connectivity index (χ1) is 36.2. The molecule has 0 saturated heterocycles. The zero-order chi connectivity index (χ0) is 48.5. The van der Waals surface area contributed by atoms with Crippen molar-refractivity contribution in [2.24, 2.45) is 0 Å². The van der Waals surface area contributed by atoms with E-state index in [1.165, 1.54) is 0 Å². The number of fused-ring (bicyclic) bond motifs is 3. The maximum absolute atomic E-state index is 5.33. The molecule has 0 radical (unpaired) electrons. The first-order valence-electron chi connectivity index (χ1n) is 24.8. The first kappa shape index (κ1) is 43.3. The van der Waals surface area contributed by atoms with Crippen LogP contribution in [0.5, 0.6) is 0 Å². The highest BCUT2D eigenvalue weighted by atomic mass is 15.0. The molecule has 2 heterocycles. The molecular weight excluding hydrogens is 885 g/mol. The van der Waals surface area contributed by atoms with E-state index in [4.69, 9.17) is 15.0 Å². The fourth-order valence-electron chi connectivity index (χ4n) is 10.5. The molecule has 0 aliphatic heterocycles. The summed E-state index contributed by atoms with van der Waals surface area (Å²) in [5.41, 5.74) is 19.4. The van der Waals surface area contributed by atoms with Crippen LogP contribution in [0.15, 0.2) is 279 Å². The summed E-state index contributed by atoms with van der Waals surface area (Å²) >= 11 is 0. The minimum Gasteiger partial charge on any atom is -0.307 e. The van der Waals surface area contributed by atoms with Crippen LogP contribution < -0.4 is 0 Å². The van der Waals surface area contributed by atoms with Gasteiger partial charge in [-0.25, -0.2) is 15.0 Å². The van der Waals surface area contributed by atoms with Crippen molar-refractivity contribution in [3.05, 3.63) is 279 Å². The predicted octanol–water partition coefficient (Wildman–Crippen LogP) is 18.0. The summed E-state index contributed by atoms with van der Waals surface area (Å²) in [6.45, 7) is 0. The monoisotopic (exact) mass is 930 g/mol. The Balaban J connectivity index is 1.25. The van der Waals surface area contributed by atoms with Crippen LogP contribution in [0, 0.1) is 0 Å². The van der Waals surface area contributed by atoms with Gasteiger partial charge in [0, 0.05) is 49.7 Å². The van der Waals surface area contributed by atoms with Gasteiger partial charge in [0.1, 0.15) is 0 Å². The Morgan fingerprint density at radius 3 is 0.795 bits per heavy atom. The summed E-state index contributed by atoms with van der Waals surface area (Å²) in [6, 6.07) is 99.5. The van der Waals surface area contributed by atoms with E-state index in [2.05, 4.69) is 247 Å². The van der Waals surface area contributed by atoms with Crippen LogP contribution in [-0.4, -0.2) is 19.5 Å². The zero-order valence-electron chi connectivity index (χ0n) is 39.8. The van der Waals surface area contributed by atoms with Gasteiger partial charge in [0.05, 0.1) is 16.7 Å². The average Bonchev–Trinajstić information content (AvgIpc) is 3.82. The third-order valence-electron chi connectivity index (χ3n) is 13.8. The second-order valence-electron chi connectivity index (χ2n) is 18.3. The van der Waals surface area contributed by atoms with Crippen molar-refractivity contribution in [2.75, 3.05) is 0 Å². The molecule has 0 fully saturated rings. The van der Waals surface area contributed by atoms with Crippen molar-refractivity contribution in [3.63, 3.8) is 0 Å². The van der Waals surface area contributed by atoms with Crippen LogP contribution >= 0.6 is 0 Å². The van der Waals surface area contributed by atoms with E-state index in [9.17, 15) is 0 Å². The number of hydrogen-bond acceptors (Lipinski definition) is 3. The molecule has 2 aromatic heterocycles. The van der Waals surface area contributed by atoms with E-state index in [0.717, 1.165) is 111 Å². The molecule has 0 aliphatic rings. The Kier molecular flexibility index (Phi) is 11.2. The standard InChI is InChI=1S/C69H46N4/c1-9-25-47(26-10-1)56-41-43-58-59-44-42-57(48-27-11-2-12-28-48)63(52-35-19-6-20-36-52)66(59)73(65(58)62(56)51-33-17-5-18-34-51)64-60(49-29-13-3-14-30-49)45-55(46-61(64)50-31-15-4-16-32-50)69-71-67(53-37-21-7-22-38-53)70-68(72-69)54-39-23-8-24-40-54/h1-46H. The minimum atomic E-state index is 0.587. The molecule has 0 amide bonds. The lowest BCUT2D eigenvalue weighted by atomic mass is 9.90. The zero-order valence-corrected chi connectivity index (χ0v) is 39.8. The lowest BCUT2D eigenvalue weighted by molar-refractivity contribution is 1.07. The molecule has 0 saturated carbocycles. The highest BCUT2D eigenvalue weighted by Gasteiger charge is 2.29. The van der Waals surface area contributed by atoms with Gasteiger partial charge in [0.25, 0.3) is 0 Å².